The van der Waals surface area contributed by atoms with Gasteiger partial charge in [0.05, 0.1) is 30.9 Å². The van der Waals surface area contributed by atoms with E-state index < -0.39 is 6.10 Å². The molecule has 7 heteroatoms. The highest BCUT2D eigenvalue weighted by Crippen LogP contribution is 2.19. The molecule has 1 aromatic carbocycles. The van der Waals surface area contributed by atoms with Crippen LogP contribution in [0.3, 0.4) is 0 Å². The fourth-order valence-electron chi connectivity index (χ4n) is 3.88. The van der Waals surface area contributed by atoms with E-state index in [9.17, 15) is 14.7 Å². The summed E-state index contributed by atoms with van der Waals surface area (Å²) >= 11 is 0. The Labute approximate surface area is 151 Å². The number of aromatic nitrogens is 1. The predicted octanol–water partition coefficient (Wildman–Crippen LogP) is -0.0946. The van der Waals surface area contributed by atoms with Crippen molar-refractivity contribution in [2.45, 2.75) is 18.7 Å². The normalized spacial score (nSPS) is 24.3. The van der Waals surface area contributed by atoms with Crippen LogP contribution in [0.4, 0.5) is 0 Å². The second-order valence-electron chi connectivity index (χ2n) is 6.91. The van der Waals surface area contributed by atoms with Gasteiger partial charge in [-0.05, 0) is 12.1 Å². The number of likely N-dealkylation sites (tertiary alicyclic amines) is 1. The number of nitrogens with zero attached hydrogens (tertiary/aromatic N) is 3. The molecule has 2 aliphatic heterocycles. The van der Waals surface area contributed by atoms with Crippen LogP contribution in [-0.4, -0.2) is 76.9 Å². The van der Waals surface area contributed by atoms with Gasteiger partial charge in [-0.1, -0.05) is 12.1 Å². The summed E-state index contributed by atoms with van der Waals surface area (Å²) in [4.78, 5) is 28.7. The molecular weight excluding hydrogens is 334 g/mol. The van der Waals surface area contributed by atoms with Crippen molar-refractivity contribution in [3.63, 3.8) is 0 Å². The standard InChI is InChI=1S/C19H23N3O4/c23-17-5-6-21(15-4-2-1-3-14(15)17)13-19(25)22-11-16(18(24)12-22)20-7-9-26-10-8-20/h1-6,16,18,24H,7-13H2/t16-,18-/m0/s1. The number of pyridine rings is 1. The van der Waals surface area contributed by atoms with Gasteiger partial charge >= 0.3 is 0 Å². The fourth-order valence-corrected chi connectivity index (χ4v) is 3.88. The van der Waals surface area contributed by atoms with Crippen molar-refractivity contribution in [3.8, 4) is 0 Å². The van der Waals surface area contributed by atoms with E-state index in [1.54, 1.807) is 21.7 Å². The summed E-state index contributed by atoms with van der Waals surface area (Å²) < 4.78 is 7.16. The Kier molecular flexibility index (Phi) is 4.76. The number of ether oxygens (including phenoxy) is 1. The molecule has 2 atom stereocenters. The van der Waals surface area contributed by atoms with E-state index >= 15 is 0 Å². The average molecular weight is 357 g/mol. The minimum Gasteiger partial charge on any atom is -0.390 e. The number of rotatable bonds is 3. The highest BCUT2D eigenvalue weighted by Gasteiger charge is 2.38. The molecule has 26 heavy (non-hydrogen) atoms. The lowest BCUT2D eigenvalue weighted by molar-refractivity contribution is -0.131. The quantitative estimate of drug-likeness (QED) is 0.831. The van der Waals surface area contributed by atoms with Gasteiger partial charge in [-0.2, -0.15) is 0 Å². The molecular formula is C19H23N3O4. The van der Waals surface area contributed by atoms with E-state index in [0.717, 1.165) is 18.6 Å². The van der Waals surface area contributed by atoms with Crippen molar-refractivity contribution in [2.75, 3.05) is 39.4 Å². The number of morpholine rings is 1. The Balaban J connectivity index is 1.49. The lowest BCUT2D eigenvalue weighted by Crippen LogP contribution is -2.49. The lowest BCUT2D eigenvalue weighted by Gasteiger charge is -2.33. The van der Waals surface area contributed by atoms with Gasteiger partial charge in [0.1, 0.15) is 6.54 Å². The number of aliphatic hydroxyl groups excluding tert-OH is 1. The van der Waals surface area contributed by atoms with E-state index in [1.807, 2.05) is 18.2 Å². The van der Waals surface area contributed by atoms with Crippen LogP contribution >= 0.6 is 0 Å². The summed E-state index contributed by atoms with van der Waals surface area (Å²) in [5, 5.41) is 11.0. The van der Waals surface area contributed by atoms with E-state index in [2.05, 4.69) is 4.90 Å². The van der Waals surface area contributed by atoms with Crippen LogP contribution in [0.2, 0.25) is 0 Å². The molecule has 2 aliphatic rings. The summed E-state index contributed by atoms with van der Waals surface area (Å²) in [7, 11) is 0. The van der Waals surface area contributed by atoms with Crippen molar-refractivity contribution in [1.82, 2.24) is 14.4 Å². The number of fused-ring (bicyclic) bond motifs is 1. The number of carbonyl (C=O) groups is 1. The van der Waals surface area contributed by atoms with E-state index in [1.165, 1.54) is 6.07 Å². The number of hydrogen-bond donors (Lipinski definition) is 1. The molecule has 1 N–H and O–H groups in total. The van der Waals surface area contributed by atoms with Crippen molar-refractivity contribution >= 4 is 16.8 Å². The smallest absolute Gasteiger partial charge is 0.242 e. The summed E-state index contributed by atoms with van der Waals surface area (Å²) in [6.45, 7) is 3.93. The molecule has 138 valence electrons. The van der Waals surface area contributed by atoms with Gasteiger partial charge in [-0.3, -0.25) is 14.5 Å². The van der Waals surface area contributed by atoms with Crippen LogP contribution in [0, 0.1) is 0 Å². The van der Waals surface area contributed by atoms with Gasteiger partial charge in [-0.25, -0.2) is 0 Å². The third kappa shape index (κ3) is 3.25. The first-order chi connectivity index (χ1) is 12.6. The van der Waals surface area contributed by atoms with Crippen LogP contribution in [0.25, 0.3) is 10.9 Å². The topological polar surface area (TPSA) is 75.0 Å². The predicted molar refractivity (Wildman–Crippen MR) is 97.0 cm³/mol. The molecule has 4 rings (SSSR count). The zero-order chi connectivity index (χ0) is 18.1. The second kappa shape index (κ2) is 7.19. The summed E-state index contributed by atoms with van der Waals surface area (Å²) in [6, 6.07) is 8.75. The first-order valence-electron chi connectivity index (χ1n) is 8.99. The van der Waals surface area contributed by atoms with Crippen molar-refractivity contribution in [2.24, 2.45) is 0 Å². The molecule has 0 radical (unpaired) electrons. The van der Waals surface area contributed by atoms with Gasteiger partial charge in [-0.15, -0.1) is 0 Å². The molecule has 2 saturated heterocycles. The Morgan fingerprint density at radius 2 is 1.92 bits per heavy atom. The Morgan fingerprint density at radius 3 is 2.73 bits per heavy atom. The van der Waals surface area contributed by atoms with Crippen LogP contribution in [0.5, 0.6) is 0 Å². The maximum atomic E-state index is 12.8. The molecule has 2 fully saturated rings. The highest BCUT2D eigenvalue weighted by molar-refractivity contribution is 5.82. The van der Waals surface area contributed by atoms with Crippen LogP contribution in [-0.2, 0) is 16.1 Å². The van der Waals surface area contributed by atoms with Crippen LogP contribution in [0.1, 0.15) is 0 Å². The second-order valence-corrected chi connectivity index (χ2v) is 6.91. The first-order valence-corrected chi connectivity index (χ1v) is 8.99. The third-order valence-corrected chi connectivity index (χ3v) is 5.32. The molecule has 3 heterocycles. The molecule has 1 amide bonds. The lowest BCUT2D eigenvalue weighted by atomic mass is 10.1. The van der Waals surface area contributed by atoms with Crippen molar-refractivity contribution in [3.05, 3.63) is 46.8 Å². The van der Waals surface area contributed by atoms with Crippen LogP contribution < -0.4 is 5.43 Å². The number of amides is 1. The maximum absolute atomic E-state index is 12.8. The first kappa shape index (κ1) is 17.2. The maximum Gasteiger partial charge on any atom is 0.242 e. The highest BCUT2D eigenvalue weighted by atomic mass is 16.5. The minimum absolute atomic E-state index is 0.0337. The Bertz CT molecular complexity index is 859. The molecule has 0 aliphatic carbocycles. The molecule has 0 bridgehead atoms. The van der Waals surface area contributed by atoms with Gasteiger partial charge < -0.3 is 19.3 Å². The zero-order valence-corrected chi connectivity index (χ0v) is 14.6. The molecule has 0 unspecified atom stereocenters. The number of benzene rings is 1. The fraction of sp³-hybridized carbons (Fsp3) is 0.474. The van der Waals surface area contributed by atoms with Crippen molar-refractivity contribution in [1.29, 1.82) is 0 Å². The van der Waals surface area contributed by atoms with Crippen molar-refractivity contribution < 1.29 is 14.6 Å². The molecule has 1 aromatic heterocycles. The summed E-state index contributed by atoms with van der Waals surface area (Å²) in [5.74, 6) is -0.0476. The van der Waals surface area contributed by atoms with Gasteiger partial charge in [0, 0.05) is 43.8 Å². The average Bonchev–Trinajstić information content (AvgIpc) is 3.07. The number of carbonyl (C=O) groups excluding carboxylic acids is 1. The van der Waals surface area contributed by atoms with E-state index in [-0.39, 0.29) is 23.9 Å². The molecule has 7 nitrogen and oxygen atoms in total. The number of aliphatic hydroxyl groups is 1. The summed E-state index contributed by atoms with van der Waals surface area (Å²) in [6.07, 6.45) is 1.12. The Morgan fingerprint density at radius 1 is 1.15 bits per heavy atom. The van der Waals surface area contributed by atoms with Gasteiger partial charge in [0.25, 0.3) is 0 Å². The minimum atomic E-state index is -0.539. The van der Waals surface area contributed by atoms with Crippen LogP contribution in [0.15, 0.2) is 41.3 Å². The van der Waals surface area contributed by atoms with Gasteiger partial charge in [0.15, 0.2) is 5.43 Å². The zero-order valence-electron chi connectivity index (χ0n) is 14.6. The third-order valence-electron chi connectivity index (χ3n) is 5.32. The SMILES string of the molecule is O=C(Cn1ccc(=O)c2ccccc21)N1C[C@H](O)[C@@H](N2CCOCC2)C1. The molecule has 0 saturated carbocycles. The van der Waals surface area contributed by atoms with E-state index in [0.29, 0.717) is 31.7 Å². The van der Waals surface area contributed by atoms with Gasteiger partial charge in [0.2, 0.25) is 5.91 Å². The summed E-state index contributed by atoms with van der Waals surface area (Å²) in [5.41, 5.74) is 0.700. The molecule has 2 aromatic rings. The monoisotopic (exact) mass is 357 g/mol. The number of para-hydroxylation sites is 1. The van der Waals surface area contributed by atoms with E-state index in [4.69, 9.17) is 4.74 Å². The Hall–Kier alpha value is -2.22. The molecule has 0 spiro atoms. The largest absolute Gasteiger partial charge is 0.390 e. The number of β-amino-alcohol motifs (C(OH)–C–C–N with tert-alkyl or cyclic N) is 1. The number of hydrogen-bond acceptors (Lipinski definition) is 5.